The first-order chi connectivity index (χ1) is 4.34. The van der Waals surface area contributed by atoms with Crippen LogP contribution in [0.5, 0.6) is 5.75 Å². The first-order valence-electron chi connectivity index (χ1n) is 2.81. The van der Waals surface area contributed by atoms with Crippen molar-refractivity contribution < 1.29 is 43.3 Å². The molecule has 0 aliphatic heterocycles. The van der Waals surface area contributed by atoms with Gasteiger partial charge in [0.1, 0.15) is 5.75 Å². The molecule has 0 aliphatic rings. The molecule has 4 heteroatoms. The minimum Gasteiger partial charge on any atom is -0.508 e. The van der Waals surface area contributed by atoms with Crippen molar-refractivity contribution in [2.45, 2.75) is 6.54 Å². The van der Waals surface area contributed by atoms with E-state index in [2.05, 4.69) is 0 Å². The zero-order valence-corrected chi connectivity index (χ0v) is 8.41. The smallest absolute Gasteiger partial charge is 0.120 e. The minimum absolute atomic E-state index is 0. The van der Waals surface area contributed by atoms with E-state index < -0.39 is 0 Å². The van der Waals surface area contributed by atoms with Gasteiger partial charge in [0.05, 0.1) is 0 Å². The standard InChI is InChI=1S/C7H9NO.Ni.Ti/c8-5-6-3-1-2-4-7(6)9;;/h1-4,9H,5,8H2;;. The summed E-state index contributed by atoms with van der Waals surface area (Å²) in [5.74, 6) is 0.278. The SMILES string of the molecule is NCc1ccccc1O.[Ni].[Ti]. The number of rotatable bonds is 1. The van der Waals surface area contributed by atoms with Crippen LogP contribution >= 0.6 is 0 Å². The molecule has 0 spiro atoms. The van der Waals surface area contributed by atoms with Crippen molar-refractivity contribution in [3.05, 3.63) is 29.8 Å². The quantitative estimate of drug-likeness (QED) is 0.702. The van der Waals surface area contributed by atoms with Gasteiger partial charge in [-0.1, -0.05) is 18.2 Å². The van der Waals surface area contributed by atoms with Crippen molar-refractivity contribution >= 4 is 0 Å². The maximum Gasteiger partial charge on any atom is 0.120 e. The van der Waals surface area contributed by atoms with E-state index in [0.717, 1.165) is 5.56 Å². The zero-order chi connectivity index (χ0) is 6.69. The molecule has 0 atom stereocenters. The van der Waals surface area contributed by atoms with E-state index >= 15 is 0 Å². The second-order valence-electron chi connectivity index (χ2n) is 1.83. The van der Waals surface area contributed by atoms with Crippen molar-refractivity contribution in [1.29, 1.82) is 0 Å². The zero-order valence-electron chi connectivity index (χ0n) is 5.86. The second-order valence-corrected chi connectivity index (χ2v) is 1.83. The van der Waals surface area contributed by atoms with Crippen molar-refractivity contribution in [1.82, 2.24) is 0 Å². The van der Waals surface area contributed by atoms with Gasteiger partial charge in [0, 0.05) is 50.3 Å². The summed E-state index contributed by atoms with van der Waals surface area (Å²) in [6.45, 7) is 0.396. The summed E-state index contributed by atoms with van der Waals surface area (Å²) in [5, 5.41) is 9.03. The van der Waals surface area contributed by atoms with E-state index in [0.29, 0.717) is 6.54 Å². The second kappa shape index (κ2) is 6.87. The number of aromatic hydroxyl groups is 1. The van der Waals surface area contributed by atoms with Gasteiger partial charge in [-0.05, 0) is 6.07 Å². The normalized spacial score (nSPS) is 7.73. The predicted octanol–water partition coefficient (Wildman–Crippen LogP) is 0.846. The molecule has 11 heavy (non-hydrogen) atoms. The van der Waals surface area contributed by atoms with Crippen LogP contribution in [-0.4, -0.2) is 5.11 Å². The van der Waals surface area contributed by atoms with Gasteiger partial charge in [0.25, 0.3) is 0 Å². The van der Waals surface area contributed by atoms with Gasteiger partial charge in [-0.25, -0.2) is 0 Å². The summed E-state index contributed by atoms with van der Waals surface area (Å²) in [7, 11) is 0. The van der Waals surface area contributed by atoms with Gasteiger partial charge in [0.15, 0.2) is 0 Å². The maximum absolute atomic E-state index is 9.03. The Labute approximate surface area is 91.0 Å². The van der Waals surface area contributed by atoms with Crippen LogP contribution in [-0.2, 0) is 44.8 Å². The van der Waals surface area contributed by atoms with Crippen molar-refractivity contribution in [2.24, 2.45) is 5.73 Å². The van der Waals surface area contributed by atoms with E-state index in [1.165, 1.54) is 0 Å². The molecule has 62 valence electrons. The van der Waals surface area contributed by atoms with Crippen LogP contribution in [0.3, 0.4) is 0 Å². The first kappa shape index (κ1) is 13.8. The van der Waals surface area contributed by atoms with E-state index in [4.69, 9.17) is 10.8 Å². The fourth-order valence-corrected chi connectivity index (χ4v) is 0.683. The number of benzene rings is 1. The van der Waals surface area contributed by atoms with Crippen LogP contribution < -0.4 is 5.73 Å². The van der Waals surface area contributed by atoms with Gasteiger partial charge in [-0.2, -0.15) is 0 Å². The topological polar surface area (TPSA) is 46.2 Å². The molecule has 0 saturated carbocycles. The minimum atomic E-state index is 0. The summed E-state index contributed by atoms with van der Waals surface area (Å²) >= 11 is 0. The fraction of sp³-hybridized carbons (Fsp3) is 0.143. The molecule has 0 aromatic heterocycles. The molecule has 2 nitrogen and oxygen atoms in total. The average molecular weight is 230 g/mol. The largest absolute Gasteiger partial charge is 0.508 e. The molecular formula is C7H9NNiOTi. The molecular weight excluding hydrogens is 221 g/mol. The summed E-state index contributed by atoms with van der Waals surface area (Å²) < 4.78 is 0. The predicted molar refractivity (Wildman–Crippen MR) is 36.0 cm³/mol. The Morgan fingerprint density at radius 1 is 1.27 bits per heavy atom. The molecule has 0 unspecified atom stereocenters. The van der Waals surface area contributed by atoms with E-state index in [-0.39, 0.29) is 44.0 Å². The summed E-state index contributed by atoms with van der Waals surface area (Å²) in [5.41, 5.74) is 6.08. The summed E-state index contributed by atoms with van der Waals surface area (Å²) in [6, 6.07) is 7.05. The Kier molecular flexibility index (Phi) is 8.59. The fourth-order valence-electron chi connectivity index (χ4n) is 0.683. The van der Waals surface area contributed by atoms with E-state index in [1.54, 1.807) is 18.2 Å². The number of phenols is 1. The molecule has 0 saturated heterocycles. The van der Waals surface area contributed by atoms with Crippen molar-refractivity contribution in [2.75, 3.05) is 0 Å². The van der Waals surface area contributed by atoms with Gasteiger partial charge in [-0.3, -0.25) is 0 Å². The summed E-state index contributed by atoms with van der Waals surface area (Å²) in [6.07, 6.45) is 0. The molecule has 0 fully saturated rings. The maximum atomic E-state index is 9.03. The van der Waals surface area contributed by atoms with E-state index in [9.17, 15) is 0 Å². The molecule has 0 bridgehead atoms. The van der Waals surface area contributed by atoms with Crippen LogP contribution in [0.25, 0.3) is 0 Å². The Hall–Kier alpha value is 0.188. The number of hydrogen-bond donors (Lipinski definition) is 2. The number of para-hydroxylation sites is 1. The molecule has 3 N–H and O–H groups in total. The number of hydrogen-bond acceptors (Lipinski definition) is 2. The van der Waals surface area contributed by atoms with Gasteiger partial charge >= 0.3 is 0 Å². The molecule has 1 aromatic rings. The van der Waals surface area contributed by atoms with Crippen LogP contribution in [0.15, 0.2) is 24.3 Å². The monoisotopic (exact) mass is 229 g/mol. The van der Waals surface area contributed by atoms with Gasteiger partial charge in [-0.15, -0.1) is 0 Å². The third kappa shape index (κ3) is 3.93. The van der Waals surface area contributed by atoms with Crippen LogP contribution in [0.2, 0.25) is 0 Å². The van der Waals surface area contributed by atoms with Gasteiger partial charge in [0.2, 0.25) is 0 Å². The number of nitrogens with two attached hydrogens (primary N) is 1. The van der Waals surface area contributed by atoms with Gasteiger partial charge < -0.3 is 10.8 Å². The van der Waals surface area contributed by atoms with Crippen molar-refractivity contribution in [3.8, 4) is 5.75 Å². The molecule has 0 radical (unpaired) electrons. The Morgan fingerprint density at radius 3 is 2.18 bits per heavy atom. The Bertz CT molecular complexity index is 207. The Morgan fingerprint density at radius 2 is 1.82 bits per heavy atom. The molecule has 1 aromatic carbocycles. The molecule has 0 heterocycles. The van der Waals surface area contributed by atoms with Crippen molar-refractivity contribution in [3.63, 3.8) is 0 Å². The third-order valence-corrected chi connectivity index (χ3v) is 1.21. The molecule has 0 amide bonds. The Balaban J connectivity index is 0. The first-order valence-corrected chi connectivity index (χ1v) is 2.81. The van der Waals surface area contributed by atoms with Crippen LogP contribution in [0, 0.1) is 0 Å². The molecule has 1 rings (SSSR count). The number of phenolic OH excluding ortho intramolecular Hbond substituents is 1. The van der Waals surface area contributed by atoms with E-state index in [1.807, 2.05) is 6.07 Å². The third-order valence-electron chi connectivity index (χ3n) is 1.21. The van der Waals surface area contributed by atoms with Crippen LogP contribution in [0.1, 0.15) is 5.56 Å². The van der Waals surface area contributed by atoms with Crippen LogP contribution in [0.4, 0.5) is 0 Å². The summed E-state index contributed by atoms with van der Waals surface area (Å²) in [4.78, 5) is 0. The molecule has 0 aliphatic carbocycles. The average Bonchev–Trinajstić information content (AvgIpc) is 1.89.